The molecule has 15 heavy (non-hydrogen) atoms. The van der Waals surface area contributed by atoms with E-state index in [0.29, 0.717) is 13.2 Å². The van der Waals surface area contributed by atoms with Gasteiger partial charge in [-0.25, -0.2) is 8.78 Å². The molecule has 1 rings (SSSR count). The highest BCUT2D eigenvalue weighted by atomic mass is 19.1. The average molecular weight is 215 g/mol. The summed E-state index contributed by atoms with van der Waals surface area (Å²) < 4.78 is 31.5. The molecule has 0 bridgehead atoms. The Hall–Kier alpha value is -1.16. The molecule has 0 spiro atoms. The standard InChI is InChI=1S/C11H15F2NO/c1-3-15-7-8(2)14-11-9(12)5-4-6-10(11)13/h4-6,8,14H,3,7H2,1-2H3. The van der Waals surface area contributed by atoms with E-state index >= 15 is 0 Å². The summed E-state index contributed by atoms with van der Waals surface area (Å²) in [5, 5.41) is 2.74. The molecular formula is C11H15F2NO. The number of rotatable bonds is 5. The molecule has 0 fully saturated rings. The first-order chi connectivity index (χ1) is 7.15. The highest BCUT2D eigenvalue weighted by Gasteiger charge is 2.10. The number of hydrogen-bond donors (Lipinski definition) is 1. The molecule has 0 saturated carbocycles. The maximum absolute atomic E-state index is 13.2. The minimum atomic E-state index is -0.585. The lowest BCUT2D eigenvalue weighted by atomic mass is 10.2. The predicted octanol–water partition coefficient (Wildman–Crippen LogP) is 2.80. The maximum atomic E-state index is 13.2. The second-order valence-electron chi connectivity index (χ2n) is 3.30. The Kier molecular flexibility index (Phi) is 4.49. The fourth-order valence-electron chi connectivity index (χ4n) is 1.22. The number of para-hydroxylation sites is 1. The van der Waals surface area contributed by atoms with E-state index in [-0.39, 0.29) is 11.7 Å². The number of anilines is 1. The molecule has 0 aliphatic rings. The molecule has 0 aliphatic carbocycles. The molecule has 4 heteroatoms. The summed E-state index contributed by atoms with van der Waals surface area (Å²) in [6, 6.07) is 3.65. The summed E-state index contributed by atoms with van der Waals surface area (Å²) in [4.78, 5) is 0. The van der Waals surface area contributed by atoms with Crippen LogP contribution in [0, 0.1) is 11.6 Å². The van der Waals surface area contributed by atoms with Gasteiger partial charge in [0.15, 0.2) is 0 Å². The normalized spacial score (nSPS) is 12.5. The van der Waals surface area contributed by atoms with Crippen LogP contribution in [0.3, 0.4) is 0 Å². The lowest BCUT2D eigenvalue weighted by Gasteiger charge is -2.15. The van der Waals surface area contributed by atoms with Crippen molar-refractivity contribution < 1.29 is 13.5 Å². The van der Waals surface area contributed by atoms with Crippen LogP contribution in [0.1, 0.15) is 13.8 Å². The van der Waals surface area contributed by atoms with E-state index in [0.717, 1.165) is 0 Å². The first-order valence-corrected chi connectivity index (χ1v) is 4.93. The van der Waals surface area contributed by atoms with E-state index < -0.39 is 11.6 Å². The highest BCUT2D eigenvalue weighted by Crippen LogP contribution is 2.18. The summed E-state index contributed by atoms with van der Waals surface area (Å²) >= 11 is 0. The molecule has 0 heterocycles. The quantitative estimate of drug-likeness (QED) is 0.815. The Morgan fingerprint density at radius 2 is 1.93 bits per heavy atom. The van der Waals surface area contributed by atoms with Crippen molar-refractivity contribution in [2.24, 2.45) is 0 Å². The first-order valence-electron chi connectivity index (χ1n) is 4.93. The third-order valence-electron chi connectivity index (χ3n) is 1.93. The van der Waals surface area contributed by atoms with E-state index in [9.17, 15) is 8.78 Å². The molecule has 1 aromatic carbocycles. The Morgan fingerprint density at radius 3 is 2.47 bits per heavy atom. The van der Waals surface area contributed by atoms with Gasteiger partial charge < -0.3 is 10.1 Å². The van der Waals surface area contributed by atoms with Gasteiger partial charge >= 0.3 is 0 Å². The molecule has 1 atom stereocenters. The first kappa shape index (κ1) is 11.9. The van der Waals surface area contributed by atoms with E-state index in [1.54, 1.807) is 0 Å². The van der Waals surface area contributed by atoms with Gasteiger partial charge in [0.05, 0.1) is 6.61 Å². The summed E-state index contributed by atoms with van der Waals surface area (Å²) in [5.41, 5.74) is -0.0929. The monoisotopic (exact) mass is 215 g/mol. The Balaban J connectivity index is 2.63. The molecule has 0 saturated heterocycles. The summed E-state index contributed by atoms with van der Waals surface area (Å²) in [7, 11) is 0. The smallest absolute Gasteiger partial charge is 0.149 e. The van der Waals surface area contributed by atoms with E-state index in [2.05, 4.69) is 5.32 Å². The Labute approximate surface area is 88.3 Å². The molecule has 2 nitrogen and oxygen atoms in total. The van der Waals surface area contributed by atoms with E-state index in [1.807, 2.05) is 13.8 Å². The van der Waals surface area contributed by atoms with Crippen LogP contribution in [-0.4, -0.2) is 19.3 Å². The van der Waals surface area contributed by atoms with Crippen LogP contribution in [0.4, 0.5) is 14.5 Å². The predicted molar refractivity (Wildman–Crippen MR) is 55.9 cm³/mol. The number of halogens is 2. The zero-order chi connectivity index (χ0) is 11.3. The fraction of sp³-hybridized carbons (Fsp3) is 0.455. The minimum Gasteiger partial charge on any atom is -0.380 e. The van der Waals surface area contributed by atoms with Gasteiger partial charge in [-0.05, 0) is 26.0 Å². The van der Waals surface area contributed by atoms with Gasteiger partial charge in [0.25, 0.3) is 0 Å². The minimum absolute atomic E-state index is 0.0929. The van der Waals surface area contributed by atoms with Gasteiger partial charge in [-0.1, -0.05) is 6.07 Å². The SMILES string of the molecule is CCOCC(C)Nc1c(F)cccc1F. The fourth-order valence-corrected chi connectivity index (χ4v) is 1.22. The molecule has 0 amide bonds. The zero-order valence-corrected chi connectivity index (χ0v) is 8.89. The van der Waals surface area contributed by atoms with Gasteiger partial charge in [0.1, 0.15) is 17.3 Å². The number of hydrogen-bond acceptors (Lipinski definition) is 2. The third-order valence-corrected chi connectivity index (χ3v) is 1.93. The Morgan fingerprint density at radius 1 is 1.33 bits per heavy atom. The number of ether oxygens (including phenoxy) is 1. The highest BCUT2D eigenvalue weighted by molar-refractivity contribution is 5.46. The van der Waals surface area contributed by atoms with Crippen molar-refractivity contribution in [3.63, 3.8) is 0 Å². The van der Waals surface area contributed by atoms with Gasteiger partial charge in [0, 0.05) is 12.6 Å². The van der Waals surface area contributed by atoms with E-state index in [1.165, 1.54) is 18.2 Å². The van der Waals surface area contributed by atoms with E-state index in [4.69, 9.17) is 4.74 Å². The van der Waals surface area contributed by atoms with Crippen LogP contribution in [0.15, 0.2) is 18.2 Å². The Bertz CT molecular complexity index is 297. The summed E-state index contributed by atoms with van der Waals surface area (Å²) in [6.45, 7) is 4.69. The lowest BCUT2D eigenvalue weighted by Crippen LogP contribution is -2.23. The second kappa shape index (κ2) is 5.66. The van der Waals surface area contributed by atoms with Crippen LogP contribution in [0.2, 0.25) is 0 Å². The van der Waals surface area contributed by atoms with Crippen LogP contribution < -0.4 is 5.32 Å². The molecular weight excluding hydrogens is 200 g/mol. The van der Waals surface area contributed by atoms with Crippen LogP contribution in [0.25, 0.3) is 0 Å². The van der Waals surface area contributed by atoms with Crippen molar-refractivity contribution in [1.82, 2.24) is 0 Å². The molecule has 0 aromatic heterocycles. The summed E-state index contributed by atoms with van der Waals surface area (Å²) in [6.07, 6.45) is 0. The third kappa shape index (κ3) is 3.47. The maximum Gasteiger partial charge on any atom is 0.149 e. The zero-order valence-electron chi connectivity index (χ0n) is 8.89. The molecule has 1 aromatic rings. The van der Waals surface area contributed by atoms with Crippen molar-refractivity contribution in [3.05, 3.63) is 29.8 Å². The van der Waals surface area contributed by atoms with Gasteiger partial charge in [0.2, 0.25) is 0 Å². The van der Waals surface area contributed by atoms with Crippen molar-refractivity contribution in [3.8, 4) is 0 Å². The number of benzene rings is 1. The van der Waals surface area contributed by atoms with Crippen molar-refractivity contribution >= 4 is 5.69 Å². The van der Waals surface area contributed by atoms with Gasteiger partial charge in [-0.15, -0.1) is 0 Å². The molecule has 0 aliphatic heterocycles. The lowest BCUT2D eigenvalue weighted by molar-refractivity contribution is 0.141. The second-order valence-corrected chi connectivity index (χ2v) is 3.30. The van der Waals surface area contributed by atoms with Crippen molar-refractivity contribution in [2.75, 3.05) is 18.5 Å². The van der Waals surface area contributed by atoms with Crippen molar-refractivity contribution in [2.45, 2.75) is 19.9 Å². The molecule has 0 radical (unpaired) electrons. The topological polar surface area (TPSA) is 21.3 Å². The number of nitrogens with one attached hydrogen (secondary N) is 1. The van der Waals surface area contributed by atoms with Crippen molar-refractivity contribution in [1.29, 1.82) is 0 Å². The van der Waals surface area contributed by atoms with Crippen LogP contribution in [-0.2, 0) is 4.74 Å². The summed E-state index contributed by atoms with van der Waals surface area (Å²) in [5.74, 6) is -1.17. The average Bonchev–Trinajstić information content (AvgIpc) is 2.21. The molecule has 1 N–H and O–H groups in total. The molecule has 84 valence electrons. The molecule has 1 unspecified atom stereocenters. The van der Waals surface area contributed by atoms with Crippen LogP contribution in [0.5, 0.6) is 0 Å². The van der Waals surface area contributed by atoms with Gasteiger partial charge in [-0.2, -0.15) is 0 Å². The largest absolute Gasteiger partial charge is 0.380 e. The van der Waals surface area contributed by atoms with Gasteiger partial charge in [-0.3, -0.25) is 0 Å². The van der Waals surface area contributed by atoms with Crippen LogP contribution >= 0.6 is 0 Å².